The minimum absolute atomic E-state index is 0.130. The fourth-order valence-electron chi connectivity index (χ4n) is 2.96. The molecule has 0 amide bonds. The molecule has 6 heteroatoms. The van der Waals surface area contributed by atoms with Crippen LogP contribution in [-0.4, -0.2) is 44.3 Å². The van der Waals surface area contributed by atoms with Crippen LogP contribution in [0.2, 0.25) is 0 Å². The van der Waals surface area contributed by atoms with Gasteiger partial charge < -0.3 is 19.5 Å². The zero-order chi connectivity index (χ0) is 21.2. The SMILES string of the molecule is CCOC(=O)CCCCCCC(NCCCCOc1ccccc1)C(=O)OCC. The lowest BCUT2D eigenvalue weighted by Crippen LogP contribution is -2.38. The van der Waals surface area contributed by atoms with Crippen molar-refractivity contribution in [3.8, 4) is 5.75 Å². The molecular weight excluding hydrogens is 370 g/mol. The van der Waals surface area contributed by atoms with Gasteiger partial charge in [0, 0.05) is 6.42 Å². The van der Waals surface area contributed by atoms with E-state index in [1.165, 1.54) is 0 Å². The van der Waals surface area contributed by atoms with E-state index >= 15 is 0 Å². The molecule has 1 unspecified atom stereocenters. The molecule has 0 aliphatic rings. The molecule has 0 bridgehead atoms. The maximum Gasteiger partial charge on any atom is 0.323 e. The molecule has 0 saturated heterocycles. The summed E-state index contributed by atoms with van der Waals surface area (Å²) in [6, 6.07) is 9.50. The average Bonchev–Trinajstić information content (AvgIpc) is 2.72. The van der Waals surface area contributed by atoms with E-state index in [0.717, 1.165) is 57.2 Å². The number of esters is 2. The highest BCUT2D eigenvalue weighted by molar-refractivity contribution is 5.75. The number of hydrogen-bond donors (Lipinski definition) is 1. The van der Waals surface area contributed by atoms with Gasteiger partial charge in [-0.2, -0.15) is 0 Å². The van der Waals surface area contributed by atoms with Crippen LogP contribution in [0.3, 0.4) is 0 Å². The topological polar surface area (TPSA) is 73.9 Å². The third-order valence-corrected chi connectivity index (χ3v) is 4.47. The van der Waals surface area contributed by atoms with Gasteiger partial charge in [-0.3, -0.25) is 9.59 Å². The molecule has 164 valence electrons. The molecule has 1 aromatic rings. The second kappa shape index (κ2) is 16.8. The molecular formula is C23H37NO5. The molecule has 0 heterocycles. The number of carbonyl (C=O) groups excluding carboxylic acids is 2. The Kier molecular flexibility index (Phi) is 14.5. The Morgan fingerprint density at radius 2 is 1.62 bits per heavy atom. The molecule has 29 heavy (non-hydrogen) atoms. The van der Waals surface area contributed by atoms with Gasteiger partial charge in [0.2, 0.25) is 0 Å². The van der Waals surface area contributed by atoms with Gasteiger partial charge in [0.15, 0.2) is 0 Å². The highest BCUT2D eigenvalue weighted by atomic mass is 16.5. The Bertz CT molecular complexity index is 549. The Morgan fingerprint density at radius 3 is 2.34 bits per heavy atom. The largest absolute Gasteiger partial charge is 0.494 e. The maximum absolute atomic E-state index is 12.2. The highest BCUT2D eigenvalue weighted by Gasteiger charge is 2.18. The van der Waals surface area contributed by atoms with Crippen LogP contribution in [-0.2, 0) is 19.1 Å². The molecule has 0 aliphatic carbocycles. The molecule has 0 saturated carbocycles. The smallest absolute Gasteiger partial charge is 0.323 e. The molecule has 0 aliphatic heterocycles. The Balaban J connectivity index is 2.15. The van der Waals surface area contributed by atoms with Gasteiger partial charge in [-0.05, 0) is 58.2 Å². The summed E-state index contributed by atoms with van der Waals surface area (Å²) in [4.78, 5) is 23.5. The van der Waals surface area contributed by atoms with E-state index < -0.39 is 0 Å². The number of rotatable bonds is 17. The van der Waals surface area contributed by atoms with Gasteiger partial charge in [0.1, 0.15) is 11.8 Å². The van der Waals surface area contributed by atoms with Crippen LogP contribution in [0.25, 0.3) is 0 Å². The molecule has 1 atom stereocenters. The van der Waals surface area contributed by atoms with E-state index in [4.69, 9.17) is 14.2 Å². The van der Waals surface area contributed by atoms with Crippen LogP contribution < -0.4 is 10.1 Å². The van der Waals surface area contributed by atoms with E-state index in [1.54, 1.807) is 0 Å². The average molecular weight is 408 g/mol. The summed E-state index contributed by atoms with van der Waals surface area (Å²) < 4.78 is 15.8. The van der Waals surface area contributed by atoms with Crippen LogP contribution in [0.1, 0.15) is 65.2 Å². The molecule has 1 N–H and O–H groups in total. The van der Waals surface area contributed by atoms with Crippen molar-refractivity contribution in [2.45, 2.75) is 71.3 Å². The van der Waals surface area contributed by atoms with Gasteiger partial charge in [-0.1, -0.05) is 37.5 Å². The summed E-state index contributed by atoms with van der Waals surface area (Å²) in [5.74, 6) is 0.571. The van der Waals surface area contributed by atoms with Crippen molar-refractivity contribution in [2.75, 3.05) is 26.4 Å². The maximum atomic E-state index is 12.2. The van der Waals surface area contributed by atoms with Crippen LogP contribution in [0.5, 0.6) is 5.75 Å². The quantitative estimate of drug-likeness (QED) is 0.307. The second-order valence-corrected chi connectivity index (χ2v) is 6.89. The number of benzene rings is 1. The van der Waals surface area contributed by atoms with Crippen molar-refractivity contribution in [1.82, 2.24) is 5.32 Å². The van der Waals surface area contributed by atoms with Crippen LogP contribution in [0.4, 0.5) is 0 Å². The first-order valence-electron chi connectivity index (χ1n) is 10.9. The lowest BCUT2D eigenvalue weighted by Gasteiger charge is -2.17. The van der Waals surface area contributed by atoms with Crippen LogP contribution >= 0.6 is 0 Å². The van der Waals surface area contributed by atoms with Gasteiger partial charge in [-0.25, -0.2) is 0 Å². The third kappa shape index (κ3) is 12.9. The number of nitrogens with one attached hydrogen (secondary N) is 1. The van der Waals surface area contributed by atoms with Crippen molar-refractivity contribution in [2.24, 2.45) is 0 Å². The summed E-state index contributed by atoms with van der Waals surface area (Å²) in [7, 11) is 0. The first-order valence-corrected chi connectivity index (χ1v) is 10.9. The predicted molar refractivity (Wildman–Crippen MR) is 114 cm³/mol. The molecule has 1 aromatic carbocycles. The Morgan fingerprint density at radius 1 is 0.897 bits per heavy atom. The monoisotopic (exact) mass is 407 g/mol. The predicted octanol–water partition coefficient (Wildman–Crippen LogP) is 4.27. The number of unbranched alkanes of at least 4 members (excludes halogenated alkanes) is 4. The Labute approximate surface area is 175 Å². The van der Waals surface area contributed by atoms with Gasteiger partial charge in [0.25, 0.3) is 0 Å². The van der Waals surface area contributed by atoms with E-state index in [-0.39, 0.29) is 18.0 Å². The number of ether oxygens (including phenoxy) is 3. The molecule has 0 spiro atoms. The van der Waals surface area contributed by atoms with E-state index in [2.05, 4.69) is 5.32 Å². The number of hydrogen-bond acceptors (Lipinski definition) is 6. The number of para-hydroxylation sites is 1. The summed E-state index contributed by atoms with van der Waals surface area (Å²) in [6.45, 7) is 5.88. The lowest BCUT2D eigenvalue weighted by molar-refractivity contribution is -0.146. The van der Waals surface area contributed by atoms with Crippen LogP contribution in [0.15, 0.2) is 30.3 Å². The van der Waals surface area contributed by atoms with E-state index in [9.17, 15) is 9.59 Å². The summed E-state index contributed by atoms with van der Waals surface area (Å²) in [5.41, 5.74) is 0. The van der Waals surface area contributed by atoms with Crippen molar-refractivity contribution in [1.29, 1.82) is 0 Å². The lowest BCUT2D eigenvalue weighted by atomic mass is 10.1. The molecule has 0 radical (unpaired) electrons. The summed E-state index contributed by atoms with van der Waals surface area (Å²) in [5, 5.41) is 3.32. The van der Waals surface area contributed by atoms with E-state index in [1.807, 2.05) is 44.2 Å². The zero-order valence-electron chi connectivity index (χ0n) is 18.0. The first-order chi connectivity index (χ1) is 14.2. The molecule has 1 rings (SSSR count). The number of carbonyl (C=O) groups is 2. The van der Waals surface area contributed by atoms with Crippen molar-refractivity contribution in [3.05, 3.63) is 30.3 Å². The standard InChI is InChI=1S/C23H37NO5/c1-3-27-22(25)17-11-6-5-10-16-21(23(26)28-4-2)24-18-12-13-19-29-20-14-8-7-9-15-20/h7-9,14-15,21,24H,3-6,10-13,16-19H2,1-2H3. The fourth-order valence-corrected chi connectivity index (χ4v) is 2.96. The Hall–Kier alpha value is -2.08. The van der Waals surface area contributed by atoms with Crippen molar-refractivity contribution >= 4 is 11.9 Å². The first kappa shape index (κ1) is 25.0. The summed E-state index contributed by atoms with van der Waals surface area (Å²) >= 11 is 0. The minimum atomic E-state index is -0.268. The highest BCUT2D eigenvalue weighted by Crippen LogP contribution is 2.10. The van der Waals surface area contributed by atoms with Crippen molar-refractivity contribution in [3.63, 3.8) is 0 Å². The van der Waals surface area contributed by atoms with Crippen molar-refractivity contribution < 1.29 is 23.8 Å². The van der Waals surface area contributed by atoms with Crippen LogP contribution in [0, 0.1) is 0 Å². The normalized spacial score (nSPS) is 11.7. The molecule has 6 nitrogen and oxygen atoms in total. The third-order valence-electron chi connectivity index (χ3n) is 4.47. The molecule has 0 aromatic heterocycles. The minimum Gasteiger partial charge on any atom is -0.494 e. The molecule has 0 fully saturated rings. The summed E-state index contributed by atoms with van der Waals surface area (Å²) in [6.07, 6.45) is 6.78. The second-order valence-electron chi connectivity index (χ2n) is 6.89. The fraction of sp³-hybridized carbons (Fsp3) is 0.652. The van der Waals surface area contributed by atoms with Gasteiger partial charge >= 0.3 is 11.9 Å². The van der Waals surface area contributed by atoms with E-state index in [0.29, 0.717) is 26.2 Å². The van der Waals surface area contributed by atoms with Gasteiger partial charge in [0.05, 0.1) is 19.8 Å². The van der Waals surface area contributed by atoms with Gasteiger partial charge in [-0.15, -0.1) is 0 Å². The zero-order valence-corrected chi connectivity index (χ0v) is 18.0.